The Morgan fingerprint density at radius 1 is 1.00 bits per heavy atom. The number of anilines is 2. The fourth-order valence-electron chi connectivity index (χ4n) is 4.13. The molecule has 5 heteroatoms. The molecule has 3 aromatic carbocycles. The third-order valence-corrected chi connectivity index (χ3v) is 6.18. The van der Waals surface area contributed by atoms with Crippen LogP contribution >= 0.6 is 11.6 Å². The van der Waals surface area contributed by atoms with E-state index in [9.17, 15) is 9.59 Å². The molecule has 0 bridgehead atoms. The number of carbonyl (C=O) groups excluding carboxylic acids is 2. The predicted molar refractivity (Wildman–Crippen MR) is 126 cm³/mol. The Morgan fingerprint density at radius 3 is 2.52 bits per heavy atom. The topological polar surface area (TPSA) is 49.4 Å². The van der Waals surface area contributed by atoms with Crippen molar-refractivity contribution in [3.63, 3.8) is 0 Å². The first-order chi connectivity index (χ1) is 15.0. The molecule has 0 spiro atoms. The number of rotatable bonds is 3. The van der Waals surface area contributed by atoms with Crippen molar-refractivity contribution in [2.24, 2.45) is 0 Å². The number of nitrogens with zero attached hydrogens (tertiary/aromatic N) is 1. The van der Waals surface area contributed by atoms with E-state index < -0.39 is 0 Å². The van der Waals surface area contributed by atoms with Gasteiger partial charge in [0.2, 0.25) is 0 Å². The molecule has 0 radical (unpaired) electrons. The van der Waals surface area contributed by atoms with Crippen LogP contribution < -0.4 is 10.2 Å². The second kappa shape index (κ2) is 8.94. The minimum absolute atomic E-state index is 0.122. The van der Waals surface area contributed by atoms with Crippen LogP contribution in [-0.2, 0) is 0 Å². The molecule has 1 heterocycles. The van der Waals surface area contributed by atoms with Crippen LogP contribution in [0.5, 0.6) is 0 Å². The van der Waals surface area contributed by atoms with E-state index in [1.807, 2.05) is 48.2 Å². The molecule has 4 rings (SSSR count). The van der Waals surface area contributed by atoms with E-state index in [4.69, 9.17) is 11.6 Å². The first-order valence-electron chi connectivity index (χ1n) is 10.5. The summed E-state index contributed by atoms with van der Waals surface area (Å²) in [6.07, 6.45) is 1.97. The maximum absolute atomic E-state index is 13.4. The molecule has 0 fully saturated rings. The van der Waals surface area contributed by atoms with E-state index in [-0.39, 0.29) is 11.8 Å². The second-order valence-electron chi connectivity index (χ2n) is 8.02. The Bertz CT molecular complexity index is 1140. The molecule has 1 N–H and O–H groups in total. The molecule has 1 aliphatic heterocycles. The molecule has 0 aliphatic carbocycles. The highest BCUT2D eigenvalue weighted by molar-refractivity contribution is 6.35. The Kier molecular flexibility index (Phi) is 6.10. The largest absolute Gasteiger partial charge is 0.322 e. The molecule has 1 aliphatic rings. The molecule has 158 valence electrons. The zero-order valence-corrected chi connectivity index (χ0v) is 18.4. The molecule has 0 saturated heterocycles. The molecule has 31 heavy (non-hydrogen) atoms. The average Bonchev–Trinajstić information content (AvgIpc) is 2.93. The third-order valence-electron chi connectivity index (χ3n) is 5.87. The van der Waals surface area contributed by atoms with Crippen LogP contribution in [0.25, 0.3) is 0 Å². The second-order valence-corrected chi connectivity index (χ2v) is 8.43. The van der Waals surface area contributed by atoms with Crippen LogP contribution in [0.4, 0.5) is 11.4 Å². The van der Waals surface area contributed by atoms with Gasteiger partial charge in [0.25, 0.3) is 11.8 Å². The monoisotopic (exact) mass is 432 g/mol. The summed E-state index contributed by atoms with van der Waals surface area (Å²) < 4.78 is 0. The van der Waals surface area contributed by atoms with E-state index in [1.165, 1.54) is 5.56 Å². The van der Waals surface area contributed by atoms with Crippen molar-refractivity contribution >= 4 is 34.8 Å². The van der Waals surface area contributed by atoms with Crippen LogP contribution in [0.2, 0.25) is 5.02 Å². The zero-order valence-electron chi connectivity index (χ0n) is 17.7. The summed E-state index contributed by atoms with van der Waals surface area (Å²) in [5.74, 6) is 0.0792. The molecule has 0 saturated carbocycles. The maximum atomic E-state index is 13.4. The van der Waals surface area contributed by atoms with Gasteiger partial charge in [0.15, 0.2) is 0 Å². The molecule has 2 amide bonds. The lowest BCUT2D eigenvalue weighted by atomic mass is 9.96. The minimum Gasteiger partial charge on any atom is -0.322 e. The Balaban J connectivity index is 1.58. The molecule has 1 unspecified atom stereocenters. The first-order valence-corrected chi connectivity index (χ1v) is 10.9. The standard InChI is InChI=1S/C26H25ClN2O2/c1-17-9-7-15-29(24-12-6-5-10-20(17)24)26(31)22-14-13-19(16-23(22)27)28-25(30)21-11-4-3-8-18(21)2/h3-6,8,10-14,16-17H,7,9,15H2,1-2H3,(H,28,30). The maximum Gasteiger partial charge on any atom is 0.259 e. The first kappa shape index (κ1) is 21.1. The van der Waals surface area contributed by atoms with Gasteiger partial charge in [-0.15, -0.1) is 0 Å². The quantitative estimate of drug-likeness (QED) is 0.517. The number of amides is 2. The number of hydrogen-bond acceptors (Lipinski definition) is 2. The number of aryl methyl sites for hydroxylation is 1. The smallest absolute Gasteiger partial charge is 0.259 e. The Labute approximate surface area is 187 Å². The van der Waals surface area contributed by atoms with Crippen LogP contribution in [0.3, 0.4) is 0 Å². The summed E-state index contributed by atoms with van der Waals surface area (Å²) >= 11 is 6.50. The summed E-state index contributed by atoms with van der Waals surface area (Å²) in [6, 6.07) is 20.5. The van der Waals surface area contributed by atoms with Crippen LogP contribution in [0.1, 0.15) is 57.5 Å². The fourth-order valence-corrected chi connectivity index (χ4v) is 4.39. The minimum atomic E-state index is -0.205. The van der Waals surface area contributed by atoms with Crippen LogP contribution in [0.15, 0.2) is 66.7 Å². The Hall–Kier alpha value is -3.11. The molecule has 0 aromatic heterocycles. The van der Waals surface area contributed by atoms with Gasteiger partial charge in [-0.05, 0) is 67.1 Å². The van der Waals surface area contributed by atoms with Gasteiger partial charge in [-0.3, -0.25) is 9.59 Å². The van der Waals surface area contributed by atoms with Gasteiger partial charge < -0.3 is 10.2 Å². The van der Waals surface area contributed by atoms with Gasteiger partial charge in [-0.2, -0.15) is 0 Å². The van der Waals surface area contributed by atoms with Crippen molar-refractivity contribution in [1.82, 2.24) is 0 Å². The SMILES string of the molecule is Cc1ccccc1C(=O)Nc1ccc(C(=O)N2CCCC(C)c3ccccc32)c(Cl)c1. The van der Waals surface area contributed by atoms with E-state index in [2.05, 4.69) is 18.3 Å². The molecular formula is C26H25ClN2O2. The number of halogens is 1. The van der Waals surface area contributed by atoms with Crippen molar-refractivity contribution < 1.29 is 9.59 Å². The highest BCUT2D eigenvalue weighted by atomic mass is 35.5. The third kappa shape index (κ3) is 4.35. The summed E-state index contributed by atoms with van der Waals surface area (Å²) in [7, 11) is 0. The van der Waals surface area contributed by atoms with Crippen molar-refractivity contribution in [1.29, 1.82) is 0 Å². The Morgan fingerprint density at radius 2 is 1.74 bits per heavy atom. The van der Waals surface area contributed by atoms with Crippen LogP contribution in [0, 0.1) is 6.92 Å². The predicted octanol–water partition coefficient (Wildman–Crippen LogP) is 6.44. The van der Waals surface area contributed by atoms with E-state index >= 15 is 0 Å². The van der Waals surface area contributed by atoms with Gasteiger partial charge in [0, 0.05) is 23.5 Å². The molecule has 4 nitrogen and oxygen atoms in total. The van der Waals surface area contributed by atoms with Gasteiger partial charge in [-0.25, -0.2) is 0 Å². The van der Waals surface area contributed by atoms with Crippen molar-refractivity contribution in [3.8, 4) is 0 Å². The summed E-state index contributed by atoms with van der Waals surface area (Å²) in [4.78, 5) is 27.8. The number of carbonyl (C=O) groups is 2. The highest BCUT2D eigenvalue weighted by Crippen LogP contribution is 2.35. The molecular weight excluding hydrogens is 408 g/mol. The van der Waals surface area contributed by atoms with Crippen molar-refractivity contribution in [2.75, 3.05) is 16.8 Å². The zero-order chi connectivity index (χ0) is 22.0. The summed E-state index contributed by atoms with van der Waals surface area (Å²) in [5, 5.41) is 3.19. The number of hydrogen-bond donors (Lipinski definition) is 1. The summed E-state index contributed by atoms with van der Waals surface area (Å²) in [6.45, 7) is 4.75. The summed E-state index contributed by atoms with van der Waals surface area (Å²) in [5.41, 5.74) is 4.62. The van der Waals surface area contributed by atoms with Crippen LogP contribution in [-0.4, -0.2) is 18.4 Å². The number of fused-ring (bicyclic) bond motifs is 1. The highest BCUT2D eigenvalue weighted by Gasteiger charge is 2.26. The number of benzene rings is 3. The van der Waals surface area contributed by atoms with E-state index in [1.54, 1.807) is 24.3 Å². The van der Waals surface area contributed by atoms with Gasteiger partial charge in [0.1, 0.15) is 0 Å². The van der Waals surface area contributed by atoms with E-state index in [0.29, 0.717) is 34.3 Å². The van der Waals surface area contributed by atoms with Gasteiger partial charge >= 0.3 is 0 Å². The van der Waals surface area contributed by atoms with Gasteiger partial charge in [0.05, 0.1) is 10.6 Å². The normalized spacial score (nSPS) is 15.7. The number of para-hydroxylation sites is 1. The van der Waals surface area contributed by atoms with Crippen molar-refractivity contribution in [3.05, 3.63) is 94.0 Å². The lowest BCUT2D eigenvalue weighted by molar-refractivity contribution is 0.0986. The lowest BCUT2D eigenvalue weighted by Crippen LogP contribution is -2.32. The lowest BCUT2D eigenvalue weighted by Gasteiger charge is -2.24. The molecule has 1 atom stereocenters. The van der Waals surface area contributed by atoms with Gasteiger partial charge in [-0.1, -0.05) is 54.9 Å². The van der Waals surface area contributed by atoms with E-state index in [0.717, 1.165) is 24.1 Å². The van der Waals surface area contributed by atoms with Crippen molar-refractivity contribution in [2.45, 2.75) is 32.6 Å². The number of nitrogens with one attached hydrogen (secondary N) is 1. The fraction of sp³-hybridized carbons (Fsp3) is 0.231. The average molecular weight is 433 g/mol. The molecule has 3 aromatic rings.